The van der Waals surface area contributed by atoms with Crippen LogP contribution >= 0.6 is 0 Å². The zero-order valence-corrected chi connectivity index (χ0v) is 11.3. The summed E-state index contributed by atoms with van der Waals surface area (Å²) in [5, 5.41) is 9.63. The molecular weight excluding hydrogens is 265 g/mol. The summed E-state index contributed by atoms with van der Waals surface area (Å²) < 4.78 is 18.1. The van der Waals surface area contributed by atoms with Crippen molar-refractivity contribution in [2.45, 2.75) is 25.5 Å². The summed E-state index contributed by atoms with van der Waals surface area (Å²) in [6.45, 7) is 1.63. The number of methoxy groups -OCH3 is 1. The Bertz CT molecular complexity index is 546. The van der Waals surface area contributed by atoms with E-state index in [1.54, 1.807) is 6.92 Å². The Morgan fingerprint density at radius 2 is 2.15 bits per heavy atom. The molecule has 0 aromatic heterocycles. The summed E-state index contributed by atoms with van der Waals surface area (Å²) in [7, 11) is 1.22. The van der Waals surface area contributed by atoms with Crippen LogP contribution in [0.1, 0.15) is 22.3 Å². The lowest BCUT2D eigenvalue weighted by molar-refractivity contribution is -0.145. The minimum Gasteiger partial charge on any atom is -0.467 e. The summed E-state index contributed by atoms with van der Waals surface area (Å²) >= 11 is 0. The quantitative estimate of drug-likeness (QED) is 0.817. The van der Waals surface area contributed by atoms with Crippen molar-refractivity contribution in [3.63, 3.8) is 0 Å². The van der Waals surface area contributed by atoms with Gasteiger partial charge in [0.2, 0.25) is 0 Å². The average molecular weight is 281 g/mol. The number of ether oxygens (including phenoxy) is 1. The molecule has 0 spiro atoms. The Morgan fingerprint density at radius 1 is 1.45 bits per heavy atom. The van der Waals surface area contributed by atoms with E-state index < -0.39 is 29.8 Å². The lowest BCUT2D eigenvalue weighted by atomic mass is 10.1. The highest BCUT2D eigenvalue weighted by Crippen LogP contribution is 2.22. The normalized spacial score (nSPS) is 21.9. The van der Waals surface area contributed by atoms with Gasteiger partial charge in [-0.2, -0.15) is 0 Å². The molecule has 1 aromatic rings. The van der Waals surface area contributed by atoms with E-state index >= 15 is 0 Å². The van der Waals surface area contributed by atoms with Crippen LogP contribution in [0.15, 0.2) is 18.2 Å². The first kappa shape index (κ1) is 14.5. The lowest BCUT2D eigenvalue weighted by Gasteiger charge is -2.22. The van der Waals surface area contributed by atoms with E-state index in [4.69, 9.17) is 0 Å². The van der Waals surface area contributed by atoms with Gasteiger partial charge in [-0.25, -0.2) is 9.18 Å². The number of carbonyl (C=O) groups is 2. The Hall–Kier alpha value is -1.95. The Kier molecular flexibility index (Phi) is 4.04. The molecule has 0 saturated carbocycles. The highest BCUT2D eigenvalue weighted by Gasteiger charge is 2.39. The second-order valence-corrected chi connectivity index (χ2v) is 4.85. The fourth-order valence-electron chi connectivity index (χ4n) is 2.29. The molecule has 2 atom stereocenters. The highest BCUT2D eigenvalue weighted by molar-refractivity contribution is 5.97. The van der Waals surface area contributed by atoms with Crippen molar-refractivity contribution in [2.75, 3.05) is 13.7 Å². The number of amides is 1. The SMILES string of the molecule is COC(=O)C1CC(O)CN1C(=O)c1ccc(C)c(F)c1. The maximum atomic E-state index is 13.5. The third-order valence-electron chi connectivity index (χ3n) is 3.43. The molecule has 0 bridgehead atoms. The molecule has 1 N–H and O–H groups in total. The van der Waals surface area contributed by atoms with Crippen molar-refractivity contribution in [2.24, 2.45) is 0 Å². The lowest BCUT2D eigenvalue weighted by Crippen LogP contribution is -2.41. The number of halogens is 1. The minimum absolute atomic E-state index is 0.0358. The summed E-state index contributed by atoms with van der Waals surface area (Å²) in [6.07, 6.45) is -0.648. The van der Waals surface area contributed by atoms with Gasteiger partial charge in [0, 0.05) is 18.5 Å². The smallest absolute Gasteiger partial charge is 0.328 e. The summed E-state index contributed by atoms with van der Waals surface area (Å²) in [5.41, 5.74) is 0.587. The van der Waals surface area contributed by atoms with Crippen molar-refractivity contribution in [3.05, 3.63) is 35.1 Å². The predicted molar refractivity (Wildman–Crippen MR) is 68.6 cm³/mol. The van der Waals surface area contributed by atoms with Gasteiger partial charge < -0.3 is 14.7 Å². The van der Waals surface area contributed by atoms with Gasteiger partial charge in [0.1, 0.15) is 11.9 Å². The first-order chi connectivity index (χ1) is 9.43. The molecule has 0 aliphatic carbocycles. The highest BCUT2D eigenvalue weighted by atomic mass is 19.1. The first-order valence-electron chi connectivity index (χ1n) is 6.27. The summed E-state index contributed by atoms with van der Waals surface area (Å²) in [6, 6.07) is 3.31. The van der Waals surface area contributed by atoms with Gasteiger partial charge in [0.05, 0.1) is 13.2 Å². The van der Waals surface area contributed by atoms with Crippen molar-refractivity contribution in [1.82, 2.24) is 4.90 Å². The van der Waals surface area contributed by atoms with Crippen LogP contribution in [0.25, 0.3) is 0 Å². The van der Waals surface area contributed by atoms with E-state index in [1.165, 1.54) is 24.1 Å². The molecule has 5 nitrogen and oxygen atoms in total. The Labute approximate surface area is 116 Å². The molecule has 108 valence electrons. The van der Waals surface area contributed by atoms with Crippen LogP contribution in [0.3, 0.4) is 0 Å². The number of carbonyl (C=O) groups excluding carboxylic acids is 2. The van der Waals surface area contributed by atoms with E-state index in [0.29, 0.717) is 5.56 Å². The first-order valence-corrected chi connectivity index (χ1v) is 6.27. The van der Waals surface area contributed by atoms with Crippen LogP contribution in [0.5, 0.6) is 0 Å². The molecule has 1 fully saturated rings. The number of benzene rings is 1. The van der Waals surface area contributed by atoms with Gasteiger partial charge in [0.25, 0.3) is 5.91 Å². The van der Waals surface area contributed by atoms with E-state index in [-0.39, 0.29) is 18.5 Å². The van der Waals surface area contributed by atoms with Gasteiger partial charge in [-0.15, -0.1) is 0 Å². The number of hydrogen-bond donors (Lipinski definition) is 1. The molecule has 1 aliphatic rings. The fourth-order valence-corrected chi connectivity index (χ4v) is 2.29. The summed E-state index contributed by atoms with van der Waals surface area (Å²) in [4.78, 5) is 25.2. The van der Waals surface area contributed by atoms with Crippen LogP contribution < -0.4 is 0 Å². The summed E-state index contributed by atoms with van der Waals surface area (Å²) in [5.74, 6) is -1.55. The standard InChI is InChI=1S/C14H16FNO4/c1-8-3-4-9(5-11(8)15)13(18)16-7-10(17)6-12(16)14(19)20-2/h3-5,10,12,17H,6-7H2,1-2H3. The molecule has 2 rings (SSSR count). The number of aryl methyl sites for hydroxylation is 1. The van der Waals surface area contributed by atoms with Gasteiger partial charge in [-0.3, -0.25) is 4.79 Å². The number of aliphatic hydroxyl groups excluding tert-OH is 1. The Balaban J connectivity index is 2.26. The molecule has 1 aromatic carbocycles. The molecule has 20 heavy (non-hydrogen) atoms. The Morgan fingerprint density at radius 3 is 2.75 bits per heavy atom. The van der Waals surface area contributed by atoms with Gasteiger partial charge in [0.15, 0.2) is 0 Å². The zero-order valence-electron chi connectivity index (χ0n) is 11.3. The van der Waals surface area contributed by atoms with Gasteiger partial charge in [-0.05, 0) is 24.6 Å². The molecule has 2 unspecified atom stereocenters. The van der Waals surface area contributed by atoms with E-state index in [2.05, 4.69) is 4.74 Å². The largest absolute Gasteiger partial charge is 0.467 e. The van der Waals surface area contributed by atoms with E-state index in [9.17, 15) is 19.1 Å². The van der Waals surface area contributed by atoms with Crippen LogP contribution in [0.2, 0.25) is 0 Å². The molecule has 6 heteroatoms. The number of aliphatic hydroxyl groups is 1. The molecule has 1 saturated heterocycles. The van der Waals surface area contributed by atoms with Crippen molar-refractivity contribution in [1.29, 1.82) is 0 Å². The average Bonchev–Trinajstić information content (AvgIpc) is 2.82. The van der Waals surface area contributed by atoms with Crippen LogP contribution in [0, 0.1) is 12.7 Å². The van der Waals surface area contributed by atoms with Crippen molar-refractivity contribution < 1.29 is 23.8 Å². The van der Waals surface area contributed by atoms with Crippen LogP contribution in [-0.2, 0) is 9.53 Å². The minimum atomic E-state index is -0.827. The number of hydrogen-bond acceptors (Lipinski definition) is 4. The van der Waals surface area contributed by atoms with Crippen molar-refractivity contribution >= 4 is 11.9 Å². The van der Waals surface area contributed by atoms with Crippen LogP contribution in [0.4, 0.5) is 4.39 Å². The predicted octanol–water partition coefficient (Wildman–Crippen LogP) is 0.883. The number of likely N-dealkylation sites (tertiary alicyclic amines) is 1. The monoisotopic (exact) mass is 281 g/mol. The second-order valence-electron chi connectivity index (χ2n) is 4.85. The van der Waals surface area contributed by atoms with E-state index in [1.807, 2.05) is 0 Å². The van der Waals surface area contributed by atoms with Crippen molar-refractivity contribution in [3.8, 4) is 0 Å². The molecule has 1 heterocycles. The number of β-amino-alcohol motifs (C(OH)–C–C–N with tert-alkyl or cyclic N) is 1. The maximum Gasteiger partial charge on any atom is 0.328 e. The maximum absolute atomic E-state index is 13.5. The molecule has 1 amide bonds. The van der Waals surface area contributed by atoms with Crippen LogP contribution in [-0.4, -0.2) is 47.7 Å². The zero-order chi connectivity index (χ0) is 14.9. The fraction of sp³-hybridized carbons (Fsp3) is 0.429. The number of rotatable bonds is 2. The third-order valence-corrected chi connectivity index (χ3v) is 3.43. The van der Waals surface area contributed by atoms with Gasteiger partial charge >= 0.3 is 5.97 Å². The topological polar surface area (TPSA) is 66.8 Å². The molecule has 0 radical (unpaired) electrons. The number of esters is 1. The second kappa shape index (κ2) is 5.58. The molecule has 1 aliphatic heterocycles. The van der Waals surface area contributed by atoms with Gasteiger partial charge in [-0.1, -0.05) is 6.07 Å². The number of nitrogens with zero attached hydrogens (tertiary/aromatic N) is 1. The third kappa shape index (κ3) is 2.65. The molecular formula is C14H16FNO4. The van der Waals surface area contributed by atoms with E-state index in [0.717, 1.165) is 6.07 Å².